The van der Waals surface area contributed by atoms with Crippen molar-refractivity contribution in [3.8, 4) is 5.75 Å². The lowest BCUT2D eigenvalue weighted by Crippen LogP contribution is -2.29. The molecule has 2 amide bonds. The largest absolute Gasteiger partial charge is 0.484 e. The van der Waals surface area contributed by atoms with Gasteiger partial charge in [0.05, 0.1) is 23.2 Å². The summed E-state index contributed by atoms with van der Waals surface area (Å²) < 4.78 is 7.20. The number of hydrogen-bond donors (Lipinski definition) is 2. The average molecular weight is 398 g/mol. The van der Waals surface area contributed by atoms with Crippen LogP contribution in [0.5, 0.6) is 5.75 Å². The number of benzene rings is 2. The molecule has 0 bridgehead atoms. The van der Waals surface area contributed by atoms with E-state index < -0.39 is 0 Å². The van der Waals surface area contributed by atoms with Crippen LogP contribution in [0.1, 0.15) is 18.0 Å². The van der Waals surface area contributed by atoms with Crippen LogP contribution >= 0.6 is 11.6 Å². The van der Waals surface area contributed by atoms with Gasteiger partial charge >= 0.3 is 0 Å². The molecule has 0 radical (unpaired) electrons. The van der Waals surface area contributed by atoms with Gasteiger partial charge in [-0.15, -0.1) is 0 Å². The molecular weight excluding hydrogens is 382 g/mol. The van der Waals surface area contributed by atoms with E-state index in [4.69, 9.17) is 16.3 Å². The van der Waals surface area contributed by atoms with Gasteiger partial charge in [0, 0.05) is 0 Å². The maximum Gasteiger partial charge on any atom is 0.262 e. The van der Waals surface area contributed by atoms with Gasteiger partial charge in [-0.2, -0.15) is 10.1 Å². The summed E-state index contributed by atoms with van der Waals surface area (Å²) in [5, 5.41) is 10.0. The summed E-state index contributed by atoms with van der Waals surface area (Å²) in [7, 11) is 0. The first-order valence-electron chi connectivity index (χ1n) is 8.56. The number of carbonyl (C=O) groups excluding carboxylic acids is 2. The lowest BCUT2D eigenvalue weighted by atomic mass is 10.0. The normalized spacial score (nSPS) is 15.5. The lowest BCUT2D eigenvalue weighted by Gasteiger charge is -2.23. The van der Waals surface area contributed by atoms with Crippen LogP contribution in [0.3, 0.4) is 0 Å². The molecule has 9 heteroatoms. The van der Waals surface area contributed by atoms with E-state index in [1.807, 2.05) is 12.1 Å². The minimum absolute atomic E-state index is 0.109. The minimum Gasteiger partial charge on any atom is -0.484 e. The highest BCUT2D eigenvalue weighted by atomic mass is 35.5. The van der Waals surface area contributed by atoms with Gasteiger partial charge < -0.3 is 10.1 Å². The zero-order valence-corrected chi connectivity index (χ0v) is 15.4. The molecule has 2 aromatic carbocycles. The number of anilines is 2. The van der Waals surface area contributed by atoms with Crippen LogP contribution in [0.4, 0.5) is 11.6 Å². The summed E-state index contributed by atoms with van der Waals surface area (Å²) in [5.41, 5.74) is 1.43. The molecule has 2 N–H and O–H groups in total. The number of fused-ring (bicyclic) bond motifs is 1. The third kappa shape index (κ3) is 3.81. The standard InChI is InChI=1S/C19H16ClN5O3/c20-14-3-1-2-4-15(14)23-18(27)10-28-13-7-5-12(6-8-13)16-9-17(26)24-19-21-11-22-25(16)19/h1-8,11,16H,9-10H2,(H,23,27)(H,21,22,24,26)/t16-/m0/s1. The smallest absolute Gasteiger partial charge is 0.262 e. The molecule has 1 atom stereocenters. The average Bonchev–Trinajstić information content (AvgIpc) is 3.16. The summed E-state index contributed by atoms with van der Waals surface area (Å²) in [6, 6.07) is 13.9. The summed E-state index contributed by atoms with van der Waals surface area (Å²) >= 11 is 6.02. The third-order valence-electron chi connectivity index (χ3n) is 4.28. The van der Waals surface area contributed by atoms with Crippen LogP contribution in [-0.2, 0) is 9.59 Å². The Hall–Kier alpha value is -3.39. The molecule has 0 saturated heterocycles. The maximum absolute atomic E-state index is 12.0. The number of nitrogens with zero attached hydrogens (tertiary/aromatic N) is 3. The fourth-order valence-corrected chi connectivity index (χ4v) is 3.13. The Labute approximate surface area is 165 Å². The van der Waals surface area contributed by atoms with E-state index in [1.54, 1.807) is 41.1 Å². The van der Waals surface area contributed by atoms with Crippen molar-refractivity contribution in [1.29, 1.82) is 0 Å². The van der Waals surface area contributed by atoms with Crippen molar-refractivity contribution in [3.05, 3.63) is 65.4 Å². The van der Waals surface area contributed by atoms with Crippen molar-refractivity contribution in [3.63, 3.8) is 0 Å². The molecule has 1 aliphatic rings. The number of para-hydroxylation sites is 1. The van der Waals surface area contributed by atoms with Gasteiger partial charge in [0.2, 0.25) is 11.9 Å². The first-order chi connectivity index (χ1) is 13.6. The van der Waals surface area contributed by atoms with Gasteiger partial charge in [0.1, 0.15) is 12.1 Å². The van der Waals surface area contributed by atoms with Crippen LogP contribution in [0.2, 0.25) is 5.02 Å². The van der Waals surface area contributed by atoms with Gasteiger partial charge in [0.15, 0.2) is 6.61 Å². The molecular formula is C19H16ClN5O3. The van der Waals surface area contributed by atoms with Gasteiger partial charge in [0.25, 0.3) is 5.91 Å². The van der Waals surface area contributed by atoms with E-state index >= 15 is 0 Å². The van der Waals surface area contributed by atoms with Crippen molar-refractivity contribution in [1.82, 2.24) is 14.8 Å². The Bertz CT molecular complexity index is 1020. The summed E-state index contributed by atoms with van der Waals surface area (Å²) in [6.07, 6.45) is 1.68. The second-order valence-corrected chi connectivity index (χ2v) is 6.59. The fourth-order valence-electron chi connectivity index (χ4n) is 2.95. The van der Waals surface area contributed by atoms with Crippen LogP contribution < -0.4 is 15.4 Å². The highest BCUT2D eigenvalue weighted by Crippen LogP contribution is 2.29. The number of amides is 2. The van der Waals surface area contributed by atoms with Gasteiger partial charge in [-0.3, -0.25) is 14.9 Å². The number of aromatic nitrogens is 3. The van der Waals surface area contributed by atoms with E-state index in [0.29, 0.717) is 22.4 Å². The highest BCUT2D eigenvalue weighted by Gasteiger charge is 2.27. The second kappa shape index (κ2) is 7.69. The van der Waals surface area contributed by atoms with E-state index in [-0.39, 0.29) is 30.9 Å². The predicted octanol–water partition coefficient (Wildman–Crippen LogP) is 2.88. The van der Waals surface area contributed by atoms with Gasteiger partial charge in [-0.1, -0.05) is 35.9 Å². The number of rotatable bonds is 5. The first-order valence-corrected chi connectivity index (χ1v) is 8.94. The number of hydrogen-bond acceptors (Lipinski definition) is 5. The van der Waals surface area contributed by atoms with Crippen LogP contribution in [0.25, 0.3) is 0 Å². The Balaban J connectivity index is 1.39. The molecule has 0 saturated carbocycles. The Morgan fingerprint density at radius 1 is 1.25 bits per heavy atom. The molecule has 142 valence electrons. The molecule has 0 fully saturated rings. The topological polar surface area (TPSA) is 98.1 Å². The van der Waals surface area contributed by atoms with Crippen molar-refractivity contribution in [2.24, 2.45) is 0 Å². The molecule has 0 aliphatic carbocycles. The van der Waals surface area contributed by atoms with Crippen molar-refractivity contribution >= 4 is 35.1 Å². The van der Waals surface area contributed by atoms with Crippen LogP contribution in [0.15, 0.2) is 54.9 Å². The first kappa shape index (κ1) is 18.0. The van der Waals surface area contributed by atoms with Gasteiger partial charge in [-0.25, -0.2) is 4.68 Å². The molecule has 0 spiro atoms. The monoisotopic (exact) mass is 397 g/mol. The number of carbonyl (C=O) groups is 2. The van der Waals surface area contributed by atoms with Crippen LogP contribution in [0, 0.1) is 0 Å². The molecule has 1 aliphatic heterocycles. The molecule has 4 rings (SSSR count). The van der Waals surface area contributed by atoms with Crippen molar-refractivity contribution in [2.75, 3.05) is 17.2 Å². The maximum atomic E-state index is 12.0. The lowest BCUT2D eigenvalue weighted by molar-refractivity contribution is -0.118. The second-order valence-electron chi connectivity index (χ2n) is 6.18. The Morgan fingerprint density at radius 3 is 2.82 bits per heavy atom. The molecule has 8 nitrogen and oxygen atoms in total. The molecule has 28 heavy (non-hydrogen) atoms. The van der Waals surface area contributed by atoms with E-state index in [1.165, 1.54) is 6.33 Å². The van der Waals surface area contributed by atoms with Gasteiger partial charge in [-0.05, 0) is 29.8 Å². The zero-order valence-electron chi connectivity index (χ0n) is 14.6. The van der Waals surface area contributed by atoms with Crippen molar-refractivity contribution in [2.45, 2.75) is 12.5 Å². The minimum atomic E-state index is -0.312. The Kier molecular flexibility index (Phi) is 4.94. The molecule has 1 aromatic heterocycles. The molecule has 2 heterocycles. The molecule has 0 unspecified atom stereocenters. The summed E-state index contributed by atoms with van der Waals surface area (Å²) in [4.78, 5) is 27.9. The SMILES string of the molecule is O=C(COc1ccc([C@@H]2CC(=O)Nc3ncnn32)cc1)Nc1ccccc1Cl. The highest BCUT2D eigenvalue weighted by molar-refractivity contribution is 6.33. The zero-order chi connectivity index (χ0) is 19.5. The van der Waals surface area contributed by atoms with E-state index in [9.17, 15) is 9.59 Å². The number of nitrogens with one attached hydrogen (secondary N) is 2. The number of ether oxygens (including phenoxy) is 1. The van der Waals surface area contributed by atoms with Crippen LogP contribution in [-0.4, -0.2) is 33.2 Å². The quantitative estimate of drug-likeness (QED) is 0.689. The predicted molar refractivity (Wildman–Crippen MR) is 103 cm³/mol. The molecule has 3 aromatic rings. The van der Waals surface area contributed by atoms with E-state index in [2.05, 4.69) is 20.7 Å². The van der Waals surface area contributed by atoms with Crippen molar-refractivity contribution < 1.29 is 14.3 Å². The summed E-state index contributed by atoms with van der Waals surface area (Å²) in [5.74, 6) is 0.547. The number of halogens is 1. The summed E-state index contributed by atoms with van der Waals surface area (Å²) in [6.45, 7) is -0.149. The Morgan fingerprint density at radius 2 is 2.04 bits per heavy atom. The third-order valence-corrected chi connectivity index (χ3v) is 4.61. The van der Waals surface area contributed by atoms with E-state index in [0.717, 1.165) is 5.56 Å². The fraction of sp³-hybridized carbons (Fsp3) is 0.158.